The fourth-order valence-corrected chi connectivity index (χ4v) is 1.84. The highest BCUT2D eigenvalue weighted by molar-refractivity contribution is 6.02. The molecule has 0 amide bonds. The number of hydrogen-bond donors (Lipinski definition) is 1. The van der Waals surface area contributed by atoms with Crippen LogP contribution in [0.1, 0.15) is 15.9 Å². The van der Waals surface area contributed by atoms with Crippen molar-refractivity contribution in [1.29, 1.82) is 0 Å². The normalized spacial score (nSPS) is 10.3. The Morgan fingerprint density at radius 2 is 1.95 bits per heavy atom. The molecular formula is C15H13F2NO2. The summed E-state index contributed by atoms with van der Waals surface area (Å²) in [6, 6.07) is 7.79. The van der Waals surface area contributed by atoms with E-state index in [4.69, 9.17) is 10.5 Å². The van der Waals surface area contributed by atoms with Gasteiger partial charge in [-0.3, -0.25) is 4.79 Å². The molecule has 3 nitrogen and oxygen atoms in total. The molecule has 0 aromatic heterocycles. The van der Waals surface area contributed by atoms with Gasteiger partial charge in [0, 0.05) is 23.7 Å². The monoisotopic (exact) mass is 277 g/mol. The van der Waals surface area contributed by atoms with Gasteiger partial charge in [-0.25, -0.2) is 8.78 Å². The standard InChI is InChI=1S/C15H13F2NO2/c1-20-11-4-5-14(18)12(8-11)15(19)6-9-2-3-10(16)7-13(9)17/h2-5,7-8H,6,18H2,1H3. The van der Waals surface area contributed by atoms with Gasteiger partial charge in [-0.05, 0) is 29.8 Å². The summed E-state index contributed by atoms with van der Waals surface area (Å²) in [7, 11) is 1.47. The van der Waals surface area contributed by atoms with Crippen molar-refractivity contribution in [2.75, 3.05) is 12.8 Å². The van der Waals surface area contributed by atoms with Crippen LogP contribution in [0.2, 0.25) is 0 Å². The number of Topliss-reactive ketones (excluding diaryl/α,β-unsaturated/α-hetero) is 1. The van der Waals surface area contributed by atoms with Crippen LogP contribution < -0.4 is 10.5 Å². The quantitative estimate of drug-likeness (QED) is 0.690. The summed E-state index contributed by atoms with van der Waals surface area (Å²) in [5, 5.41) is 0. The molecule has 0 radical (unpaired) electrons. The molecule has 0 bridgehead atoms. The van der Waals surface area contributed by atoms with E-state index in [0.717, 1.165) is 12.1 Å². The smallest absolute Gasteiger partial charge is 0.169 e. The zero-order chi connectivity index (χ0) is 14.7. The van der Waals surface area contributed by atoms with E-state index >= 15 is 0 Å². The summed E-state index contributed by atoms with van der Waals surface area (Å²) >= 11 is 0. The van der Waals surface area contributed by atoms with Crippen molar-refractivity contribution >= 4 is 11.5 Å². The summed E-state index contributed by atoms with van der Waals surface area (Å²) in [6.45, 7) is 0. The highest BCUT2D eigenvalue weighted by atomic mass is 19.1. The van der Waals surface area contributed by atoms with Crippen molar-refractivity contribution in [2.24, 2.45) is 0 Å². The first-order valence-electron chi connectivity index (χ1n) is 5.92. The third kappa shape index (κ3) is 2.93. The van der Waals surface area contributed by atoms with E-state index in [0.29, 0.717) is 11.4 Å². The molecule has 0 spiro atoms. The van der Waals surface area contributed by atoms with Crippen LogP contribution in [0, 0.1) is 11.6 Å². The minimum atomic E-state index is -0.750. The Morgan fingerprint density at radius 1 is 1.20 bits per heavy atom. The van der Waals surface area contributed by atoms with Crippen molar-refractivity contribution in [3.8, 4) is 5.75 Å². The van der Waals surface area contributed by atoms with Gasteiger partial charge in [0.05, 0.1) is 7.11 Å². The summed E-state index contributed by atoms with van der Waals surface area (Å²) in [6.07, 6.45) is -0.191. The number of nitrogen functional groups attached to an aromatic ring is 1. The van der Waals surface area contributed by atoms with Crippen molar-refractivity contribution < 1.29 is 18.3 Å². The zero-order valence-corrected chi connectivity index (χ0v) is 10.8. The maximum Gasteiger partial charge on any atom is 0.169 e. The van der Waals surface area contributed by atoms with Crippen molar-refractivity contribution in [3.63, 3.8) is 0 Å². The fourth-order valence-electron chi connectivity index (χ4n) is 1.84. The molecule has 2 N–H and O–H groups in total. The molecule has 2 aromatic carbocycles. The number of halogens is 2. The predicted octanol–water partition coefficient (Wildman–Crippen LogP) is 2.98. The Labute approximate surface area is 115 Å². The lowest BCUT2D eigenvalue weighted by Gasteiger charge is -2.08. The molecule has 20 heavy (non-hydrogen) atoms. The maximum atomic E-state index is 13.5. The molecule has 2 rings (SSSR count). The number of nitrogens with two attached hydrogens (primary N) is 1. The Balaban J connectivity index is 2.28. The highest BCUT2D eigenvalue weighted by Crippen LogP contribution is 2.22. The molecule has 0 heterocycles. The third-order valence-electron chi connectivity index (χ3n) is 2.93. The van der Waals surface area contributed by atoms with Crippen LogP contribution in [0.25, 0.3) is 0 Å². The van der Waals surface area contributed by atoms with Crippen molar-refractivity contribution in [2.45, 2.75) is 6.42 Å². The Kier molecular flexibility index (Phi) is 3.98. The molecule has 0 aliphatic carbocycles. The minimum Gasteiger partial charge on any atom is -0.497 e. The van der Waals surface area contributed by atoms with Gasteiger partial charge in [0.15, 0.2) is 5.78 Å². The van der Waals surface area contributed by atoms with Gasteiger partial charge in [0.25, 0.3) is 0 Å². The zero-order valence-electron chi connectivity index (χ0n) is 10.8. The van der Waals surface area contributed by atoms with Gasteiger partial charge in [-0.2, -0.15) is 0 Å². The Hall–Kier alpha value is -2.43. The molecule has 0 atom stereocenters. The van der Waals surface area contributed by atoms with E-state index in [2.05, 4.69) is 0 Å². The first-order chi connectivity index (χ1) is 9.51. The summed E-state index contributed by atoms with van der Waals surface area (Å²) < 4.78 is 31.4. The molecule has 0 fully saturated rings. The van der Waals surface area contributed by atoms with Crippen molar-refractivity contribution in [3.05, 3.63) is 59.2 Å². The van der Waals surface area contributed by atoms with E-state index in [1.807, 2.05) is 0 Å². The van der Waals surface area contributed by atoms with E-state index in [1.165, 1.54) is 19.2 Å². The largest absolute Gasteiger partial charge is 0.497 e. The van der Waals surface area contributed by atoms with Crippen LogP contribution in [0.5, 0.6) is 5.75 Å². The Morgan fingerprint density at radius 3 is 2.60 bits per heavy atom. The molecule has 0 saturated carbocycles. The number of methoxy groups -OCH3 is 1. The second kappa shape index (κ2) is 5.69. The number of hydrogen-bond acceptors (Lipinski definition) is 3. The van der Waals surface area contributed by atoms with Gasteiger partial charge in [0.2, 0.25) is 0 Å². The molecular weight excluding hydrogens is 264 g/mol. The Bertz CT molecular complexity index is 656. The summed E-state index contributed by atoms with van der Waals surface area (Å²) in [4.78, 5) is 12.1. The number of benzene rings is 2. The van der Waals surface area contributed by atoms with Gasteiger partial charge in [-0.1, -0.05) is 6.07 Å². The van der Waals surface area contributed by atoms with E-state index in [1.54, 1.807) is 12.1 Å². The van der Waals surface area contributed by atoms with E-state index in [-0.39, 0.29) is 23.3 Å². The summed E-state index contributed by atoms with van der Waals surface area (Å²) in [5.41, 5.74) is 6.40. The van der Waals surface area contributed by atoms with Crippen LogP contribution >= 0.6 is 0 Å². The molecule has 0 aliphatic rings. The second-order valence-electron chi connectivity index (χ2n) is 4.29. The van der Waals surface area contributed by atoms with Crippen LogP contribution in [-0.2, 0) is 6.42 Å². The average Bonchev–Trinajstić information content (AvgIpc) is 2.42. The highest BCUT2D eigenvalue weighted by Gasteiger charge is 2.14. The molecule has 0 unspecified atom stereocenters. The maximum absolute atomic E-state index is 13.5. The molecule has 5 heteroatoms. The topological polar surface area (TPSA) is 52.3 Å². The first kappa shape index (κ1) is 14.0. The fraction of sp³-hybridized carbons (Fsp3) is 0.133. The summed E-state index contributed by atoms with van der Waals surface area (Å²) in [5.74, 6) is -1.30. The van der Waals surface area contributed by atoms with Crippen LogP contribution in [0.3, 0.4) is 0 Å². The molecule has 2 aromatic rings. The van der Waals surface area contributed by atoms with Crippen LogP contribution in [0.4, 0.5) is 14.5 Å². The molecule has 0 saturated heterocycles. The molecule has 0 aliphatic heterocycles. The van der Waals surface area contributed by atoms with Crippen LogP contribution in [0.15, 0.2) is 36.4 Å². The second-order valence-corrected chi connectivity index (χ2v) is 4.29. The van der Waals surface area contributed by atoms with E-state index < -0.39 is 11.6 Å². The lowest BCUT2D eigenvalue weighted by molar-refractivity contribution is 0.0992. The number of rotatable bonds is 4. The molecule has 104 valence electrons. The lowest BCUT2D eigenvalue weighted by atomic mass is 10.0. The van der Waals surface area contributed by atoms with Gasteiger partial charge in [-0.15, -0.1) is 0 Å². The van der Waals surface area contributed by atoms with Crippen LogP contribution in [-0.4, -0.2) is 12.9 Å². The number of anilines is 1. The first-order valence-corrected chi connectivity index (χ1v) is 5.92. The number of ether oxygens (including phenoxy) is 1. The number of carbonyl (C=O) groups is 1. The van der Waals surface area contributed by atoms with Crippen molar-refractivity contribution in [1.82, 2.24) is 0 Å². The van der Waals surface area contributed by atoms with Gasteiger partial charge < -0.3 is 10.5 Å². The number of ketones is 1. The SMILES string of the molecule is COc1ccc(N)c(C(=O)Cc2ccc(F)cc2F)c1. The minimum absolute atomic E-state index is 0.124. The average molecular weight is 277 g/mol. The lowest BCUT2D eigenvalue weighted by Crippen LogP contribution is -2.08. The van der Waals surface area contributed by atoms with Gasteiger partial charge >= 0.3 is 0 Å². The van der Waals surface area contributed by atoms with Gasteiger partial charge in [0.1, 0.15) is 17.4 Å². The third-order valence-corrected chi connectivity index (χ3v) is 2.93. The predicted molar refractivity (Wildman–Crippen MR) is 71.8 cm³/mol. The van der Waals surface area contributed by atoms with E-state index in [9.17, 15) is 13.6 Å². The number of carbonyl (C=O) groups excluding carboxylic acids is 1.